The second-order valence-corrected chi connectivity index (χ2v) is 6.62. The molecule has 0 saturated carbocycles. The smallest absolute Gasteiger partial charge is 0.347 e. The van der Waals surface area contributed by atoms with E-state index in [0.29, 0.717) is 5.56 Å². The average Bonchev–Trinajstić information content (AvgIpc) is 2.73. The van der Waals surface area contributed by atoms with Crippen LogP contribution in [0, 0.1) is 20.2 Å². The first-order valence-electron chi connectivity index (χ1n) is 8.86. The third kappa shape index (κ3) is 7.91. The van der Waals surface area contributed by atoms with Gasteiger partial charge < -0.3 is 30.6 Å². The normalized spacial score (nSPS) is 11.0. The van der Waals surface area contributed by atoms with Gasteiger partial charge in [0, 0.05) is 11.3 Å². The Morgan fingerprint density at radius 1 is 1.03 bits per heavy atom. The summed E-state index contributed by atoms with van der Waals surface area (Å²) in [5.74, 6) is -2.17. The quantitative estimate of drug-likeness (QED) is 0.116. The van der Waals surface area contributed by atoms with Crippen molar-refractivity contribution in [1.82, 2.24) is 0 Å². The average molecular weight is 480 g/mol. The molecule has 4 N–H and O–H groups in total. The number of thiocarbonyl (C=S) groups is 1. The van der Waals surface area contributed by atoms with Crippen molar-refractivity contribution in [3.8, 4) is 11.5 Å². The minimum atomic E-state index is -1.63. The number of nitrogen functional groups attached to an aromatic ring is 1. The molecule has 2 aromatic rings. The van der Waals surface area contributed by atoms with Gasteiger partial charge >= 0.3 is 11.9 Å². The Balaban J connectivity index is 2.14. The number of anilines is 1. The number of benzene rings is 2. The first-order chi connectivity index (χ1) is 15.5. The number of esters is 2. The fourth-order valence-corrected chi connectivity index (χ4v) is 2.52. The topological polar surface area (TPSA) is 209 Å². The first-order valence-corrected chi connectivity index (χ1v) is 9.26. The van der Waals surface area contributed by atoms with Gasteiger partial charge in [0.2, 0.25) is 0 Å². The highest BCUT2D eigenvalue weighted by Gasteiger charge is 2.23. The van der Waals surface area contributed by atoms with E-state index in [9.17, 15) is 29.8 Å². The Labute approximate surface area is 190 Å². The molecule has 2 aromatic carbocycles. The van der Waals surface area contributed by atoms with Gasteiger partial charge in [-0.15, -0.1) is 20.2 Å². The molecule has 1 atom stereocenters. The molecule has 2 rings (SSSR count). The maximum atomic E-state index is 12.6. The minimum Gasteiger partial charge on any atom is -0.426 e. The maximum absolute atomic E-state index is 12.6. The lowest BCUT2D eigenvalue weighted by atomic mass is 10.1. The summed E-state index contributed by atoms with van der Waals surface area (Å²) in [7, 11) is 0. The minimum absolute atomic E-state index is 0.135. The van der Waals surface area contributed by atoms with E-state index in [2.05, 4.69) is 9.68 Å². The van der Waals surface area contributed by atoms with Crippen molar-refractivity contribution < 1.29 is 38.9 Å². The van der Waals surface area contributed by atoms with Gasteiger partial charge in [0.25, 0.3) is 10.2 Å². The molecule has 0 radical (unpaired) electrons. The van der Waals surface area contributed by atoms with Gasteiger partial charge in [-0.2, -0.15) is 0 Å². The highest BCUT2D eigenvalue weighted by molar-refractivity contribution is 7.80. The van der Waals surface area contributed by atoms with Crippen LogP contribution in [0.4, 0.5) is 5.69 Å². The van der Waals surface area contributed by atoms with Crippen LogP contribution in [-0.4, -0.2) is 39.8 Å². The molecule has 0 aromatic heterocycles. The number of ether oxygens (including phenoxy) is 2. The summed E-state index contributed by atoms with van der Waals surface area (Å²) in [5.41, 5.74) is 11.7. The second-order valence-electron chi connectivity index (χ2n) is 6.18. The summed E-state index contributed by atoms with van der Waals surface area (Å²) in [4.78, 5) is 54.0. The van der Waals surface area contributed by atoms with Gasteiger partial charge in [-0.3, -0.25) is 4.79 Å². The number of nitrogens with two attached hydrogens (primary N) is 2. The van der Waals surface area contributed by atoms with Crippen LogP contribution in [-0.2, 0) is 14.5 Å². The van der Waals surface area contributed by atoms with E-state index in [1.807, 2.05) is 0 Å². The van der Waals surface area contributed by atoms with Crippen molar-refractivity contribution in [3.05, 3.63) is 73.8 Å². The molecule has 0 amide bonds. The number of rotatable bonds is 11. The Morgan fingerprint density at radius 3 is 2.27 bits per heavy atom. The Morgan fingerprint density at radius 2 is 1.70 bits per heavy atom. The molecule has 33 heavy (non-hydrogen) atoms. The second kappa shape index (κ2) is 11.2. The fourth-order valence-electron chi connectivity index (χ4n) is 2.39. The summed E-state index contributed by atoms with van der Waals surface area (Å²) in [6.45, 7) is -0.901. The van der Waals surface area contributed by atoms with Gasteiger partial charge in [-0.05, 0) is 42.5 Å². The van der Waals surface area contributed by atoms with Crippen LogP contribution in [0.3, 0.4) is 0 Å². The van der Waals surface area contributed by atoms with Crippen molar-refractivity contribution >= 4 is 34.8 Å². The summed E-state index contributed by atoms with van der Waals surface area (Å²) in [6, 6.07) is 9.68. The predicted molar refractivity (Wildman–Crippen MR) is 113 cm³/mol. The molecule has 0 heterocycles. The lowest BCUT2D eigenvalue weighted by molar-refractivity contribution is -0.789. The first kappa shape index (κ1) is 24.7. The molecule has 0 spiro atoms. The zero-order valence-electron chi connectivity index (χ0n) is 16.6. The van der Waals surface area contributed by atoms with Crippen molar-refractivity contribution in [3.63, 3.8) is 0 Å². The molecular formula is C18H16N4O10S. The van der Waals surface area contributed by atoms with Gasteiger partial charge in [-0.25, -0.2) is 4.79 Å². The fraction of sp³-hybridized carbons (Fsp3) is 0.167. The number of carbonyl (C=O) groups excluding carboxylic acids is 2. The summed E-state index contributed by atoms with van der Waals surface area (Å²) in [6.07, 6.45) is -2.43. The molecule has 0 aliphatic heterocycles. The predicted octanol–water partition coefficient (Wildman–Crippen LogP) is 1.20. The van der Waals surface area contributed by atoms with E-state index in [0.717, 1.165) is 0 Å². The molecule has 0 aliphatic rings. The highest BCUT2D eigenvalue weighted by Crippen LogP contribution is 2.24. The molecule has 0 fully saturated rings. The van der Waals surface area contributed by atoms with E-state index >= 15 is 0 Å². The molecule has 0 aliphatic carbocycles. The van der Waals surface area contributed by atoms with Crippen LogP contribution < -0.4 is 20.9 Å². The molecule has 174 valence electrons. The number of carbonyl (C=O) groups is 2. The van der Waals surface area contributed by atoms with E-state index in [-0.39, 0.29) is 27.7 Å². The standard InChI is InChI=1S/C18H16N4O10S/c19-11-3-6-15(31-16(23)8-13(32-22(27)28)9-29-21(25)26)14(7-11)18(24)30-12-4-1-10(2-5-12)17(20)33/h1-7,13H,8-9,19H2,(H2,20,33). The summed E-state index contributed by atoms with van der Waals surface area (Å²) >= 11 is 4.84. The molecule has 1 unspecified atom stereocenters. The number of nitrogens with zero attached hydrogens (tertiary/aromatic N) is 2. The Kier molecular flexibility index (Phi) is 8.39. The maximum Gasteiger partial charge on any atom is 0.347 e. The zero-order valence-corrected chi connectivity index (χ0v) is 17.4. The molecule has 0 saturated heterocycles. The monoisotopic (exact) mass is 480 g/mol. The lowest BCUT2D eigenvalue weighted by Crippen LogP contribution is -2.29. The summed E-state index contributed by atoms with van der Waals surface area (Å²) < 4.78 is 10.3. The third-order valence-electron chi connectivity index (χ3n) is 3.79. The Hall–Kier alpha value is -4.53. The van der Waals surface area contributed by atoms with Crippen molar-refractivity contribution in [2.75, 3.05) is 12.3 Å². The van der Waals surface area contributed by atoms with Crippen molar-refractivity contribution in [2.24, 2.45) is 5.73 Å². The van der Waals surface area contributed by atoms with Crippen LogP contribution in [0.2, 0.25) is 0 Å². The van der Waals surface area contributed by atoms with Crippen LogP contribution in [0.25, 0.3) is 0 Å². The Bertz CT molecular complexity index is 1080. The van der Waals surface area contributed by atoms with E-state index in [1.165, 1.54) is 42.5 Å². The van der Waals surface area contributed by atoms with Crippen LogP contribution in [0.15, 0.2) is 42.5 Å². The van der Waals surface area contributed by atoms with Crippen molar-refractivity contribution in [2.45, 2.75) is 12.5 Å². The number of hydrogen-bond acceptors (Lipinski definition) is 12. The van der Waals surface area contributed by atoms with E-state index in [1.54, 1.807) is 0 Å². The van der Waals surface area contributed by atoms with Gasteiger partial charge in [0.1, 0.15) is 34.8 Å². The lowest BCUT2D eigenvalue weighted by Gasteiger charge is -2.14. The van der Waals surface area contributed by atoms with Crippen LogP contribution in [0.5, 0.6) is 11.5 Å². The van der Waals surface area contributed by atoms with Gasteiger partial charge in [0.05, 0.1) is 6.42 Å². The number of hydrogen-bond donors (Lipinski definition) is 2. The molecular weight excluding hydrogens is 464 g/mol. The zero-order chi connectivity index (χ0) is 24.5. The van der Waals surface area contributed by atoms with Crippen LogP contribution in [0.1, 0.15) is 22.3 Å². The van der Waals surface area contributed by atoms with Gasteiger partial charge in [0.15, 0.2) is 0 Å². The van der Waals surface area contributed by atoms with Gasteiger partial charge in [-0.1, -0.05) is 12.2 Å². The molecule has 0 bridgehead atoms. The van der Waals surface area contributed by atoms with E-state index in [4.69, 9.17) is 33.2 Å². The summed E-state index contributed by atoms with van der Waals surface area (Å²) in [5, 5.41) is 18.4. The van der Waals surface area contributed by atoms with E-state index < -0.39 is 41.2 Å². The third-order valence-corrected chi connectivity index (χ3v) is 4.03. The highest BCUT2D eigenvalue weighted by atomic mass is 32.1. The largest absolute Gasteiger partial charge is 0.426 e. The van der Waals surface area contributed by atoms with Crippen LogP contribution >= 0.6 is 12.2 Å². The SMILES string of the molecule is NC(=S)c1ccc(OC(=O)c2cc(N)ccc2OC(=O)CC(CO[N+](=O)[O-])O[N+](=O)[O-])cc1. The van der Waals surface area contributed by atoms with Crippen molar-refractivity contribution in [1.29, 1.82) is 0 Å². The molecule has 15 heteroatoms. The molecule has 14 nitrogen and oxygen atoms in total.